The van der Waals surface area contributed by atoms with Gasteiger partial charge in [-0.05, 0) is 0 Å². The molecule has 0 bridgehead atoms. The minimum absolute atomic E-state index is 0.145. The summed E-state index contributed by atoms with van der Waals surface area (Å²) in [6, 6.07) is 0. The summed E-state index contributed by atoms with van der Waals surface area (Å²) in [5.41, 5.74) is 0. The highest BCUT2D eigenvalue weighted by molar-refractivity contribution is 8.76. The van der Waals surface area contributed by atoms with E-state index in [1.54, 1.807) is 0 Å². The van der Waals surface area contributed by atoms with E-state index < -0.39 is 19.7 Å². The fourth-order valence-corrected chi connectivity index (χ4v) is 1.22. The highest BCUT2D eigenvalue weighted by Gasteiger charge is 1.85. The lowest BCUT2D eigenvalue weighted by Crippen LogP contribution is -1.85. The van der Waals surface area contributed by atoms with Gasteiger partial charge < -0.3 is 15.3 Å². The summed E-state index contributed by atoms with van der Waals surface area (Å²) >= 11 is 3.48. The highest BCUT2D eigenvalue weighted by Crippen LogP contribution is 2.18. The van der Waals surface area contributed by atoms with Gasteiger partial charge >= 0.3 is 0 Å². The molecule has 0 aliphatic carbocycles. The lowest BCUT2D eigenvalue weighted by Gasteiger charge is -1.93. The summed E-state index contributed by atoms with van der Waals surface area (Å²) in [5, 5.41) is 25.3. The van der Waals surface area contributed by atoms with Crippen molar-refractivity contribution < 1.29 is 23.5 Å². The molecule has 0 saturated carbocycles. The van der Waals surface area contributed by atoms with Crippen LogP contribution in [0.2, 0.25) is 0 Å². The number of thiol groups is 1. The molecule has 0 atom stereocenters. The predicted molar refractivity (Wildman–Crippen MR) is 60.0 cm³/mol. The van der Waals surface area contributed by atoms with E-state index in [-0.39, 0.29) is 17.3 Å². The maximum Gasteiger partial charge on any atom is 0.0573 e. The first-order chi connectivity index (χ1) is 7.77. The molecule has 0 aliphatic rings. The van der Waals surface area contributed by atoms with Crippen molar-refractivity contribution in [3.05, 3.63) is 0 Å². The molecule has 76 valence electrons. The van der Waals surface area contributed by atoms with Gasteiger partial charge in [0.2, 0.25) is 0 Å². The first-order valence-corrected chi connectivity index (χ1v) is 5.91. The zero-order valence-corrected chi connectivity index (χ0v) is 8.75. The second-order valence-electron chi connectivity index (χ2n) is 1.16. The smallest absolute Gasteiger partial charge is 0.0573 e. The molecule has 3 nitrogen and oxygen atoms in total. The second-order valence-corrected chi connectivity index (χ2v) is 3.94. The number of hydrogen-bond acceptors (Lipinski definition) is 6. The van der Waals surface area contributed by atoms with Crippen LogP contribution in [0.15, 0.2) is 0 Å². The van der Waals surface area contributed by atoms with Crippen LogP contribution in [0.25, 0.3) is 0 Å². The van der Waals surface area contributed by atoms with Crippen molar-refractivity contribution in [2.24, 2.45) is 0 Å². The van der Waals surface area contributed by atoms with Crippen LogP contribution in [0.3, 0.4) is 0 Å². The van der Waals surface area contributed by atoms with Crippen molar-refractivity contribution in [2.45, 2.75) is 0 Å². The molecule has 0 amide bonds. The third kappa shape index (κ3) is 22.4. The third-order valence-electron chi connectivity index (χ3n) is 0.401. The first kappa shape index (κ1) is 6.42. The normalized spacial score (nSPS) is 20.0. The van der Waals surface area contributed by atoms with Gasteiger partial charge in [0.05, 0.1) is 27.9 Å². The third-order valence-corrected chi connectivity index (χ3v) is 2.41. The van der Waals surface area contributed by atoms with Crippen molar-refractivity contribution >= 4 is 34.2 Å². The minimum atomic E-state index is -2.24. The van der Waals surface area contributed by atoms with E-state index in [2.05, 4.69) is 12.6 Å². The van der Waals surface area contributed by atoms with Crippen molar-refractivity contribution in [3.63, 3.8) is 0 Å². The van der Waals surface area contributed by atoms with Crippen LogP contribution in [-0.2, 0) is 0 Å². The summed E-state index contributed by atoms with van der Waals surface area (Å²) in [5.74, 6) is -0.436. The quantitative estimate of drug-likeness (QED) is 0.304. The summed E-state index contributed by atoms with van der Waals surface area (Å²) in [6.07, 6.45) is 0. The van der Waals surface area contributed by atoms with Gasteiger partial charge in [-0.25, -0.2) is 0 Å². The largest absolute Gasteiger partial charge is 0.396 e. The molecule has 12 heavy (non-hydrogen) atoms. The molecular weight excluding hydrogens is 216 g/mol. The number of rotatable bonds is 6. The number of hydrogen-bond donors (Lipinski definition) is 4. The van der Waals surface area contributed by atoms with E-state index in [1.165, 1.54) is 0 Å². The Bertz CT molecular complexity index is 198. The Morgan fingerprint density at radius 3 is 1.50 bits per heavy atom. The molecule has 0 saturated heterocycles. The van der Waals surface area contributed by atoms with Gasteiger partial charge in [0.1, 0.15) is 0 Å². The van der Waals surface area contributed by atoms with Gasteiger partial charge in [0.15, 0.2) is 0 Å². The molecule has 0 aromatic carbocycles. The molecule has 0 heterocycles. The van der Waals surface area contributed by atoms with Crippen LogP contribution < -0.4 is 0 Å². The van der Waals surface area contributed by atoms with Crippen LogP contribution in [0.1, 0.15) is 8.22 Å². The Hall–Kier alpha value is 0.930. The molecule has 0 spiro atoms. The van der Waals surface area contributed by atoms with Gasteiger partial charge in [-0.2, -0.15) is 12.6 Å². The van der Waals surface area contributed by atoms with Crippen LogP contribution in [0.4, 0.5) is 0 Å². The fraction of sp³-hybridized carbons (Fsp3) is 1.00. The molecule has 0 unspecified atom stereocenters. The molecule has 0 aliphatic heterocycles. The van der Waals surface area contributed by atoms with Crippen LogP contribution in [0, 0.1) is 0 Å². The van der Waals surface area contributed by atoms with Gasteiger partial charge in [-0.1, -0.05) is 21.6 Å². The summed E-state index contributed by atoms with van der Waals surface area (Å²) in [7, 11) is 1.96. The zero-order valence-electron chi connectivity index (χ0n) is 12.2. The van der Waals surface area contributed by atoms with Crippen LogP contribution >= 0.6 is 34.2 Å². The molecule has 0 fully saturated rings. The van der Waals surface area contributed by atoms with Gasteiger partial charge in [0, 0.05) is 17.3 Å². The zero-order chi connectivity index (χ0) is 15.0. The molecule has 0 rings (SSSR count). The van der Waals surface area contributed by atoms with Gasteiger partial charge in [-0.3, -0.25) is 0 Å². The monoisotopic (exact) mass is 238 g/mol. The van der Waals surface area contributed by atoms with E-state index in [0.29, 0.717) is 0 Å². The summed E-state index contributed by atoms with van der Waals surface area (Å²) in [4.78, 5) is 0. The van der Waals surface area contributed by atoms with E-state index in [1.807, 2.05) is 0 Å². The van der Waals surface area contributed by atoms with Crippen molar-refractivity contribution in [1.29, 1.82) is 0 Å². The second kappa shape index (κ2) is 17.9. The standard InChI is InChI=1S/C4H10O2S2.C2H6OS/c5-1-3-7-8-4-2-6;3-1-2-4/h5-6H,1-4H2;3-4H,1-2H2/i1D2,2D2;1D2. The van der Waals surface area contributed by atoms with E-state index in [9.17, 15) is 0 Å². The topological polar surface area (TPSA) is 60.7 Å². The van der Waals surface area contributed by atoms with Crippen molar-refractivity contribution in [2.75, 3.05) is 36.9 Å². The minimum Gasteiger partial charge on any atom is -0.396 e. The predicted octanol–water partition coefficient (Wildman–Crippen LogP) is 0.261. The van der Waals surface area contributed by atoms with E-state index in [0.717, 1.165) is 21.6 Å². The fourth-order valence-electron chi connectivity index (χ4n) is 0.136. The Labute approximate surface area is 95.2 Å². The Balaban J connectivity index is 0. The summed E-state index contributed by atoms with van der Waals surface area (Å²) in [6.45, 7) is -6.57. The molecule has 3 N–H and O–H groups in total. The van der Waals surface area contributed by atoms with Crippen LogP contribution in [0.5, 0.6) is 0 Å². The summed E-state index contributed by atoms with van der Waals surface area (Å²) < 4.78 is 39.4. The lowest BCUT2D eigenvalue weighted by atomic mass is 10.9. The molecule has 6 heteroatoms. The van der Waals surface area contributed by atoms with Crippen LogP contribution in [-0.4, -0.2) is 52.3 Å². The number of aliphatic hydroxyl groups is 3. The molecule has 0 radical (unpaired) electrons. The lowest BCUT2D eigenvalue weighted by molar-refractivity contribution is 0.322. The maximum absolute atomic E-state index is 8.59. The van der Waals surface area contributed by atoms with Gasteiger partial charge in [0.25, 0.3) is 0 Å². The Morgan fingerprint density at radius 2 is 1.33 bits per heavy atom. The van der Waals surface area contributed by atoms with Gasteiger partial charge in [-0.15, -0.1) is 0 Å². The average Bonchev–Trinajstić information content (AvgIpc) is 2.09. The van der Waals surface area contributed by atoms with E-state index >= 15 is 0 Å². The average molecular weight is 238 g/mol. The van der Waals surface area contributed by atoms with Crippen molar-refractivity contribution in [1.82, 2.24) is 0 Å². The highest BCUT2D eigenvalue weighted by atomic mass is 33.1. The van der Waals surface area contributed by atoms with Crippen molar-refractivity contribution in [3.8, 4) is 0 Å². The Morgan fingerprint density at radius 1 is 1.00 bits per heavy atom. The maximum atomic E-state index is 8.59. The molecule has 0 aromatic rings. The molecule has 0 aromatic heterocycles. The SMILES string of the molecule is [2H]C([2H])(O)CS.[2H]C([2H])(O)CSSCC([2H])([2H])O. The van der Waals surface area contributed by atoms with E-state index in [4.69, 9.17) is 23.5 Å². The first-order valence-electron chi connectivity index (χ1n) is 5.79. The Kier molecular flexibility index (Phi) is 9.56. The molecular formula is C6H16O3S3.